The molecule has 1 aliphatic rings. The second-order valence-corrected chi connectivity index (χ2v) is 4.41. The van der Waals surface area contributed by atoms with Crippen molar-refractivity contribution in [1.29, 1.82) is 0 Å². The first-order valence-electron chi connectivity index (χ1n) is 5.56. The lowest BCUT2D eigenvalue weighted by molar-refractivity contribution is -0.120. The minimum Gasteiger partial charge on any atom is -0.300 e. The molecular weight excluding hydrogens is 210 g/mol. The molecule has 0 bridgehead atoms. The molecule has 3 heteroatoms. The van der Waals surface area contributed by atoms with E-state index in [9.17, 15) is 13.6 Å². The van der Waals surface area contributed by atoms with E-state index in [0.717, 1.165) is 0 Å². The number of ketones is 1. The van der Waals surface area contributed by atoms with Crippen molar-refractivity contribution in [1.82, 2.24) is 0 Å². The number of aryl methyl sites for hydroxylation is 1. The molecule has 2 rings (SSSR count). The fourth-order valence-electron chi connectivity index (χ4n) is 2.23. The van der Waals surface area contributed by atoms with Crippen LogP contribution in [0.5, 0.6) is 0 Å². The zero-order valence-corrected chi connectivity index (χ0v) is 9.22. The second kappa shape index (κ2) is 4.32. The molecule has 1 aliphatic carbocycles. The average Bonchev–Trinajstić information content (AvgIpc) is 2.28. The maximum absolute atomic E-state index is 13.7. The maximum Gasteiger partial charge on any atom is 0.162 e. The van der Waals surface area contributed by atoms with Gasteiger partial charge in [-0.2, -0.15) is 0 Å². The zero-order valence-electron chi connectivity index (χ0n) is 9.22. The van der Waals surface area contributed by atoms with Crippen LogP contribution in [0.25, 0.3) is 0 Å². The van der Waals surface area contributed by atoms with E-state index in [1.54, 1.807) is 19.1 Å². The van der Waals surface area contributed by atoms with Crippen molar-refractivity contribution >= 4 is 5.78 Å². The van der Waals surface area contributed by atoms with Gasteiger partial charge in [0.15, 0.2) is 11.6 Å². The minimum atomic E-state index is -0.755. The van der Waals surface area contributed by atoms with Crippen molar-refractivity contribution in [3.05, 3.63) is 34.9 Å². The molecule has 86 valence electrons. The molecule has 0 radical (unpaired) electrons. The van der Waals surface area contributed by atoms with Crippen LogP contribution in [0.15, 0.2) is 12.1 Å². The average molecular weight is 224 g/mol. The van der Waals surface area contributed by atoms with E-state index in [4.69, 9.17) is 0 Å². The van der Waals surface area contributed by atoms with Gasteiger partial charge in [-0.15, -0.1) is 0 Å². The predicted octanol–water partition coefficient (Wildman–Crippen LogP) is 3.50. The summed E-state index contributed by atoms with van der Waals surface area (Å²) in [6.45, 7) is 1.55. The Labute approximate surface area is 93.5 Å². The highest BCUT2D eigenvalue weighted by Crippen LogP contribution is 2.33. The summed E-state index contributed by atoms with van der Waals surface area (Å²) in [7, 11) is 0. The van der Waals surface area contributed by atoms with Crippen LogP contribution in [-0.2, 0) is 4.79 Å². The molecule has 1 aromatic rings. The Morgan fingerprint density at radius 1 is 1.12 bits per heavy atom. The molecule has 0 heterocycles. The summed E-state index contributed by atoms with van der Waals surface area (Å²) in [5, 5.41) is 0. The van der Waals surface area contributed by atoms with Gasteiger partial charge in [0.2, 0.25) is 0 Å². The highest BCUT2D eigenvalue weighted by Gasteiger charge is 2.24. The quantitative estimate of drug-likeness (QED) is 0.713. The molecule has 1 aromatic carbocycles. The number of Topliss-reactive ketones (excluding diaryl/α,β-unsaturated/α-hetero) is 1. The van der Waals surface area contributed by atoms with E-state index >= 15 is 0 Å². The summed E-state index contributed by atoms with van der Waals surface area (Å²) >= 11 is 0. The Hall–Kier alpha value is -1.25. The lowest BCUT2D eigenvalue weighted by Gasteiger charge is -2.22. The minimum absolute atomic E-state index is 0.00667. The van der Waals surface area contributed by atoms with Gasteiger partial charge in [-0.3, -0.25) is 4.79 Å². The van der Waals surface area contributed by atoms with Gasteiger partial charge in [0.1, 0.15) is 5.78 Å². The molecule has 0 spiro atoms. The summed E-state index contributed by atoms with van der Waals surface area (Å²) in [6, 6.07) is 3.25. The monoisotopic (exact) mass is 224 g/mol. The van der Waals surface area contributed by atoms with Gasteiger partial charge in [0.05, 0.1) is 0 Å². The first-order valence-corrected chi connectivity index (χ1v) is 5.56. The van der Waals surface area contributed by atoms with E-state index in [-0.39, 0.29) is 11.7 Å². The molecule has 16 heavy (non-hydrogen) atoms. The predicted molar refractivity (Wildman–Crippen MR) is 57.3 cm³/mol. The Morgan fingerprint density at radius 2 is 1.75 bits per heavy atom. The van der Waals surface area contributed by atoms with E-state index in [1.165, 1.54) is 0 Å². The van der Waals surface area contributed by atoms with Gasteiger partial charge in [-0.1, -0.05) is 12.1 Å². The molecule has 0 aromatic heterocycles. The fraction of sp³-hybridized carbons (Fsp3) is 0.462. The molecule has 0 aliphatic heterocycles. The third-order valence-corrected chi connectivity index (χ3v) is 3.29. The molecule has 0 amide bonds. The summed E-state index contributed by atoms with van der Waals surface area (Å²) in [4.78, 5) is 11.1. The number of benzene rings is 1. The van der Waals surface area contributed by atoms with Crippen LogP contribution >= 0.6 is 0 Å². The normalized spacial score (nSPS) is 17.8. The van der Waals surface area contributed by atoms with Gasteiger partial charge in [-0.25, -0.2) is 8.78 Å². The van der Waals surface area contributed by atoms with Gasteiger partial charge >= 0.3 is 0 Å². The molecule has 0 atom stereocenters. The number of halogens is 2. The van der Waals surface area contributed by atoms with Crippen LogP contribution in [-0.4, -0.2) is 5.78 Å². The van der Waals surface area contributed by atoms with Gasteiger partial charge < -0.3 is 0 Å². The third-order valence-electron chi connectivity index (χ3n) is 3.29. The largest absolute Gasteiger partial charge is 0.300 e. The zero-order chi connectivity index (χ0) is 11.7. The molecule has 0 N–H and O–H groups in total. The van der Waals surface area contributed by atoms with Gasteiger partial charge in [-0.05, 0) is 36.8 Å². The summed E-state index contributed by atoms with van der Waals surface area (Å²) in [6.07, 6.45) is 2.25. The number of carbonyl (C=O) groups excluding carboxylic acids is 1. The first-order chi connectivity index (χ1) is 7.59. The standard InChI is InChI=1S/C13H14F2O/c1-8-2-7-11(13(15)12(8)14)9-3-5-10(16)6-4-9/h2,7,9H,3-6H2,1H3. The van der Waals surface area contributed by atoms with Crippen LogP contribution in [0.4, 0.5) is 8.78 Å². The lowest BCUT2D eigenvalue weighted by atomic mass is 9.83. The van der Waals surface area contributed by atoms with Gasteiger partial charge in [0.25, 0.3) is 0 Å². The van der Waals surface area contributed by atoms with Crippen LogP contribution in [0.3, 0.4) is 0 Å². The summed E-state index contributed by atoms with van der Waals surface area (Å²) in [5.41, 5.74) is 0.753. The first kappa shape index (κ1) is 11.2. The Bertz CT molecular complexity index is 416. The van der Waals surface area contributed by atoms with Crippen LogP contribution in [0.1, 0.15) is 42.7 Å². The van der Waals surface area contributed by atoms with Crippen molar-refractivity contribution in [2.45, 2.75) is 38.5 Å². The highest BCUT2D eigenvalue weighted by atomic mass is 19.2. The SMILES string of the molecule is Cc1ccc(C2CCC(=O)CC2)c(F)c1F. The Morgan fingerprint density at radius 3 is 2.38 bits per heavy atom. The Kier molecular flexibility index (Phi) is 3.03. The van der Waals surface area contributed by atoms with E-state index < -0.39 is 11.6 Å². The number of rotatable bonds is 1. The lowest BCUT2D eigenvalue weighted by Crippen LogP contribution is -2.14. The van der Waals surface area contributed by atoms with Crippen molar-refractivity contribution in [3.8, 4) is 0 Å². The number of hydrogen-bond acceptors (Lipinski definition) is 1. The summed E-state index contributed by atoms with van der Waals surface area (Å²) < 4.78 is 27.1. The highest BCUT2D eigenvalue weighted by molar-refractivity contribution is 5.79. The van der Waals surface area contributed by atoms with Crippen molar-refractivity contribution in [2.24, 2.45) is 0 Å². The second-order valence-electron chi connectivity index (χ2n) is 4.41. The molecule has 1 nitrogen and oxygen atoms in total. The van der Waals surface area contributed by atoms with Gasteiger partial charge in [0, 0.05) is 12.8 Å². The molecular formula is C13H14F2O. The number of carbonyl (C=O) groups is 1. The third kappa shape index (κ3) is 1.99. The van der Waals surface area contributed by atoms with Crippen molar-refractivity contribution < 1.29 is 13.6 Å². The topological polar surface area (TPSA) is 17.1 Å². The number of hydrogen-bond donors (Lipinski definition) is 0. The van der Waals surface area contributed by atoms with Crippen LogP contribution in [0.2, 0.25) is 0 Å². The molecule has 1 saturated carbocycles. The fourth-order valence-corrected chi connectivity index (χ4v) is 2.23. The maximum atomic E-state index is 13.7. The van der Waals surface area contributed by atoms with E-state index in [1.807, 2.05) is 0 Å². The van der Waals surface area contributed by atoms with Crippen LogP contribution < -0.4 is 0 Å². The van der Waals surface area contributed by atoms with E-state index in [0.29, 0.717) is 36.8 Å². The van der Waals surface area contributed by atoms with Crippen molar-refractivity contribution in [2.75, 3.05) is 0 Å². The smallest absolute Gasteiger partial charge is 0.162 e. The van der Waals surface area contributed by atoms with E-state index in [2.05, 4.69) is 0 Å². The van der Waals surface area contributed by atoms with Crippen LogP contribution in [0, 0.1) is 18.6 Å². The summed E-state index contributed by atoms with van der Waals surface area (Å²) in [5.74, 6) is -1.27. The molecule has 0 unspecified atom stereocenters. The Balaban J connectivity index is 2.27. The van der Waals surface area contributed by atoms with Crippen molar-refractivity contribution in [3.63, 3.8) is 0 Å². The molecule has 0 saturated heterocycles. The molecule has 1 fully saturated rings.